The molecule has 0 aliphatic carbocycles. The highest BCUT2D eigenvalue weighted by atomic mass is 32.2. The predicted octanol–water partition coefficient (Wildman–Crippen LogP) is 2.70. The smallest absolute Gasteiger partial charge is 0.250 e. The van der Waals surface area contributed by atoms with E-state index in [0.29, 0.717) is 5.56 Å². The molecule has 0 saturated carbocycles. The number of hydrogen-bond acceptors (Lipinski definition) is 4. The number of rotatable bonds is 5. The Morgan fingerprint density at radius 1 is 1.18 bits per heavy atom. The summed E-state index contributed by atoms with van der Waals surface area (Å²) < 4.78 is 25.1. The zero-order valence-corrected chi connectivity index (χ0v) is 12.2. The van der Waals surface area contributed by atoms with Crippen molar-refractivity contribution in [2.75, 3.05) is 0 Å². The van der Waals surface area contributed by atoms with E-state index < -0.39 is 15.7 Å². The number of carbonyl (C=O) groups excluding carboxylic acids is 1. The minimum Gasteiger partial charge on any atom is -0.366 e. The Hall–Kier alpha value is -2.83. The average Bonchev–Trinajstić information content (AvgIpc) is 2.48. The van der Waals surface area contributed by atoms with E-state index in [4.69, 9.17) is 11.3 Å². The van der Waals surface area contributed by atoms with Gasteiger partial charge in [0.05, 0.1) is 16.2 Å². The summed E-state index contributed by atoms with van der Waals surface area (Å²) in [6.45, 7) is 0. The summed E-state index contributed by atoms with van der Waals surface area (Å²) in [5, 5.41) is 3.35. The van der Waals surface area contributed by atoms with Crippen molar-refractivity contribution in [2.24, 2.45) is 10.8 Å². The Labute approximate surface area is 126 Å². The van der Waals surface area contributed by atoms with Gasteiger partial charge in [0.2, 0.25) is 5.91 Å². The number of amides is 1. The lowest BCUT2D eigenvalue weighted by Crippen LogP contribution is -2.17. The first-order valence-electron chi connectivity index (χ1n) is 6.19. The molecule has 0 atom stereocenters. The molecule has 0 radical (unpaired) electrons. The monoisotopic (exact) mass is 316 g/mol. The summed E-state index contributed by atoms with van der Waals surface area (Å²) in [6, 6.07) is 12.3. The van der Waals surface area contributed by atoms with Gasteiger partial charge in [-0.25, -0.2) is 8.42 Å². The van der Waals surface area contributed by atoms with Crippen LogP contribution in [0.15, 0.2) is 58.5 Å². The number of carbonyl (C=O) groups is 1. The molecular formula is C14H12N4O3S. The summed E-state index contributed by atoms with van der Waals surface area (Å²) in [6.07, 6.45) is 0. The zero-order chi connectivity index (χ0) is 16.2. The molecule has 2 aromatic carbocycles. The minimum absolute atomic E-state index is 0.0964. The van der Waals surface area contributed by atoms with Crippen molar-refractivity contribution < 1.29 is 13.2 Å². The van der Waals surface area contributed by atoms with Crippen molar-refractivity contribution >= 4 is 21.4 Å². The van der Waals surface area contributed by atoms with Gasteiger partial charge < -0.3 is 5.73 Å². The van der Waals surface area contributed by atoms with Gasteiger partial charge in [0.1, 0.15) is 0 Å². The van der Waals surface area contributed by atoms with Crippen LogP contribution < -0.4 is 5.73 Å². The summed E-state index contributed by atoms with van der Waals surface area (Å²) in [5.41, 5.74) is 14.2. The van der Waals surface area contributed by atoms with Crippen LogP contribution in [0.2, 0.25) is 0 Å². The number of nitrogens with zero attached hydrogens (tertiary/aromatic N) is 3. The summed E-state index contributed by atoms with van der Waals surface area (Å²) in [5.74, 6) is -1.15. The van der Waals surface area contributed by atoms with Crippen LogP contribution in [0.4, 0.5) is 5.69 Å². The first-order valence-corrected chi connectivity index (χ1v) is 7.85. The van der Waals surface area contributed by atoms with Crippen LogP contribution in [0.1, 0.15) is 15.9 Å². The summed E-state index contributed by atoms with van der Waals surface area (Å²) in [4.78, 5) is 13.8. The molecule has 7 nitrogen and oxygen atoms in total. The Bertz CT molecular complexity index is 857. The number of benzene rings is 2. The van der Waals surface area contributed by atoms with Gasteiger partial charge in [-0.05, 0) is 23.2 Å². The van der Waals surface area contributed by atoms with E-state index in [2.05, 4.69) is 10.0 Å². The maximum atomic E-state index is 12.5. The van der Waals surface area contributed by atoms with Crippen LogP contribution in [0, 0.1) is 0 Å². The quantitative estimate of drug-likeness (QED) is 0.517. The third-order valence-electron chi connectivity index (χ3n) is 2.93. The molecule has 0 heterocycles. The van der Waals surface area contributed by atoms with Gasteiger partial charge in [-0.15, -0.1) is 0 Å². The summed E-state index contributed by atoms with van der Waals surface area (Å²) >= 11 is 0. The standard InChI is InChI=1S/C14H12N4O3S/c15-14(19)12-7-6-11(17-18-16)8-13(12)22(20,21)9-10-4-2-1-3-5-10/h1-8H,9H2,(H2,15,19). The van der Waals surface area contributed by atoms with Crippen molar-refractivity contribution in [3.05, 3.63) is 70.1 Å². The van der Waals surface area contributed by atoms with Crippen LogP contribution in [0.3, 0.4) is 0 Å². The van der Waals surface area contributed by atoms with E-state index in [1.165, 1.54) is 12.1 Å². The maximum Gasteiger partial charge on any atom is 0.250 e. The molecule has 0 fully saturated rings. The Kier molecular flexibility index (Phi) is 4.45. The fraction of sp³-hybridized carbons (Fsp3) is 0.0714. The Morgan fingerprint density at radius 3 is 2.45 bits per heavy atom. The molecule has 8 heteroatoms. The minimum atomic E-state index is -3.81. The van der Waals surface area contributed by atoms with E-state index in [-0.39, 0.29) is 21.9 Å². The van der Waals surface area contributed by atoms with Gasteiger partial charge in [0, 0.05) is 10.6 Å². The van der Waals surface area contributed by atoms with Crippen LogP contribution in [-0.2, 0) is 15.6 Å². The average molecular weight is 316 g/mol. The van der Waals surface area contributed by atoms with Gasteiger partial charge in [-0.3, -0.25) is 4.79 Å². The fourth-order valence-corrected chi connectivity index (χ4v) is 3.55. The summed E-state index contributed by atoms with van der Waals surface area (Å²) in [7, 11) is -3.81. The molecule has 0 saturated heterocycles. The van der Waals surface area contributed by atoms with Crippen LogP contribution >= 0.6 is 0 Å². The van der Waals surface area contributed by atoms with E-state index in [9.17, 15) is 13.2 Å². The highest BCUT2D eigenvalue weighted by Crippen LogP contribution is 2.25. The molecule has 0 aromatic heterocycles. The van der Waals surface area contributed by atoms with Gasteiger partial charge in [-0.2, -0.15) is 0 Å². The lowest BCUT2D eigenvalue weighted by molar-refractivity contribution is 0.0997. The molecule has 0 unspecified atom stereocenters. The zero-order valence-electron chi connectivity index (χ0n) is 11.4. The second-order valence-electron chi connectivity index (χ2n) is 4.48. The predicted molar refractivity (Wildman–Crippen MR) is 81.1 cm³/mol. The number of azide groups is 1. The lowest BCUT2D eigenvalue weighted by atomic mass is 10.2. The Balaban J connectivity index is 2.55. The molecular weight excluding hydrogens is 304 g/mol. The third-order valence-corrected chi connectivity index (χ3v) is 4.65. The largest absolute Gasteiger partial charge is 0.366 e. The number of primary amides is 1. The second-order valence-corrected chi connectivity index (χ2v) is 6.44. The molecule has 0 bridgehead atoms. The number of hydrogen-bond donors (Lipinski definition) is 1. The second kappa shape index (κ2) is 6.30. The van der Waals surface area contributed by atoms with Crippen molar-refractivity contribution in [1.29, 1.82) is 0 Å². The first kappa shape index (κ1) is 15.6. The molecule has 2 aromatic rings. The highest BCUT2D eigenvalue weighted by molar-refractivity contribution is 7.90. The van der Waals surface area contributed by atoms with E-state index >= 15 is 0 Å². The topological polar surface area (TPSA) is 126 Å². The van der Waals surface area contributed by atoms with E-state index in [1.54, 1.807) is 30.3 Å². The fourth-order valence-electron chi connectivity index (χ4n) is 1.96. The molecule has 1 amide bonds. The molecule has 2 N–H and O–H groups in total. The van der Waals surface area contributed by atoms with Crippen LogP contribution in [0.25, 0.3) is 10.4 Å². The first-order chi connectivity index (χ1) is 10.4. The molecule has 0 aliphatic rings. The van der Waals surface area contributed by atoms with Crippen molar-refractivity contribution in [1.82, 2.24) is 0 Å². The van der Waals surface area contributed by atoms with Crippen molar-refractivity contribution in [3.8, 4) is 0 Å². The van der Waals surface area contributed by atoms with Gasteiger partial charge >= 0.3 is 0 Å². The lowest BCUT2D eigenvalue weighted by Gasteiger charge is -2.09. The van der Waals surface area contributed by atoms with E-state index in [0.717, 1.165) is 6.07 Å². The van der Waals surface area contributed by atoms with Crippen molar-refractivity contribution in [2.45, 2.75) is 10.6 Å². The normalized spacial score (nSPS) is 10.7. The van der Waals surface area contributed by atoms with Crippen LogP contribution in [-0.4, -0.2) is 14.3 Å². The Morgan fingerprint density at radius 2 is 1.86 bits per heavy atom. The van der Waals surface area contributed by atoms with Gasteiger partial charge in [0.15, 0.2) is 9.84 Å². The molecule has 22 heavy (non-hydrogen) atoms. The van der Waals surface area contributed by atoms with Crippen molar-refractivity contribution in [3.63, 3.8) is 0 Å². The van der Waals surface area contributed by atoms with E-state index in [1.807, 2.05) is 0 Å². The molecule has 2 rings (SSSR count). The van der Waals surface area contributed by atoms with Gasteiger partial charge in [-0.1, -0.05) is 41.5 Å². The van der Waals surface area contributed by atoms with Gasteiger partial charge in [0.25, 0.3) is 0 Å². The third kappa shape index (κ3) is 3.43. The number of nitrogens with two attached hydrogens (primary N) is 1. The molecule has 112 valence electrons. The molecule has 0 spiro atoms. The molecule has 0 aliphatic heterocycles. The SMILES string of the molecule is [N-]=[N+]=Nc1ccc(C(N)=O)c(S(=O)(=O)Cc2ccccc2)c1. The maximum absolute atomic E-state index is 12.5. The van der Waals surface area contributed by atoms with Crippen LogP contribution in [0.5, 0.6) is 0 Å². The highest BCUT2D eigenvalue weighted by Gasteiger charge is 2.22. The number of sulfone groups is 1.